The largest absolute Gasteiger partial charge is 0.103 e. The van der Waals surface area contributed by atoms with Crippen molar-refractivity contribution >= 4 is 12.2 Å². The third-order valence-corrected chi connectivity index (χ3v) is 6.28. The summed E-state index contributed by atoms with van der Waals surface area (Å²) in [6.07, 6.45) is 11.7. The summed E-state index contributed by atoms with van der Waals surface area (Å²) in [4.78, 5) is 0. The summed E-state index contributed by atoms with van der Waals surface area (Å²) in [7, 11) is 0. The minimum absolute atomic E-state index is 0.721. The second-order valence-electron chi connectivity index (χ2n) is 8.34. The van der Waals surface area contributed by atoms with Gasteiger partial charge in [-0.25, -0.2) is 0 Å². The molecule has 1 fully saturated rings. The van der Waals surface area contributed by atoms with Crippen LogP contribution in [0, 0.1) is 12.8 Å². The van der Waals surface area contributed by atoms with Crippen molar-refractivity contribution in [2.24, 2.45) is 5.92 Å². The molecule has 29 heavy (non-hydrogen) atoms. The predicted octanol–water partition coefficient (Wildman–Crippen LogP) is 8.29. The van der Waals surface area contributed by atoms with Gasteiger partial charge in [-0.2, -0.15) is 0 Å². The van der Waals surface area contributed by atoms with Gasteiger partial charge in [-0.1, -0.05) is 96.6 Å². The van der Waals surface area contributed by atoms with Crippen LogP contribution in [0.25, 0.3) is 23.3 Å². The van der Waals surface area contributed by atoms with E-state index in [-0.39, 0.29) is 0 Å². The summed E-state index contributed by atoms with van der Waals surface area (Å²) in [5.41, 5.74) is 7.81. The molecule has 0 radical (unpaired) electrons. The van der Waals surface area contributed by atoms with Crippen molar-refractivity contribution in [3.8, 4) is 11.1 Å². The molecule has 0 N–H and O–H groups in total. The molecule has 3 aromatic rings. The molecule has 0 aromatic heterocycles. The second kappa shape index (κ2) is 9.09. The van der Waals surface area contributed by atoms with Crippen LogP contribution in [0.3, 0.4) is 0 Å². The Balaban J connectivity index is 1.39. The summed E-state index contributed by atoms with van der Waals surface area (Å²) < 4.78 is 0. The van der Waals surface area contributed by atoms with Crippen molar-refractivity contribution in [3.05, 3.63) is 108 Å². The highest BCUT2D eigenvalue weighted by Crippen LogP contribution is 2.36. The summed E-state index contributed by atoms with van der Waals surface area (Å²) in [5, 5.41) is 0. The molecule has 0 aliphatic heterocycles. The van der Waals surface area contributed by atoms with E-state index in [1.807, 2.05) is 0 Å². The molecule has 0 atom stereocenters. The SMILES string of the molecule is C=CC1CCC(c2ccc(/C=C/c3ccc(-c4ccc(C)cc4)cc3)cc2)CC1. The maximum atomic E-state index is 3.95. The van der Waals surface area contributed by atoms with Crippen molar-refractivity contribution in [2.45, 2.75) is 38.5 Å². The lowest BCUT2D eigenvalue weighted by Crippen LogP contribution is -2.11. The van der Waals surface area contributed by atoms with E-state index in [4.69, 9.17) is 0 Å². The van der Waals surface area contributed by atoms with Gasteiger partial charge in [0.25, 0.3) is 0 Å². The molecule has 1 aliphatic carbocycles. The molecular formula is C29H30. The lowest BCUT2D eigenvalue weighted by atomic mass is 9.79. The monoisotopic (exact) mass is 378 g/mol. The summed E-state index contributed by atoms with van der Waals surface area (Å²) >= 11 is 0. The van der Waals surface area contributed by atoms with E-state index < -0.39 is 0 Å². The summed E-state index contributed by atoms with van der Waals surface area (Å²) in [6.45, 7) is 6.08. The molecule has 0 saturated heterocycles. The first-order chi connectivity index (χ1) is 14.2. The number of rotatable bonds is 5. The molecule has 0 nitrogen and oxygen atoms in total. The first-order valence-electron chi connectivity index (χ1n) is 10.8. The van der Waals surface area contributed by atoms with Crippen LogP contribution in [0.4, 0.5) is 0 Å². The van der Waals surface area contributed by atoms with E-state index in [1.165, 1.54) is 59.1 Å². The van der Waals surface area contributed by atoms with Crippen molar-refractivity contribution in [1.82, 2.24) is 0 Å². The highest BCUT2D eigenvalue weighted by molar-refractivity contribution is 5.72. The number of aryl methyl sites for hydroxylation is 1. The van der Waals surface area contributed by atoms with Crippen LogP contribution in [-0.2, 0) is 0 Å². The molecule has 146 valence electrons. The van der Waals surface area contributed by atoms with Crippen LogP contribution in [0.1, 0.15) is 53.9 Å². The number of hydrogen-bond donors (Lipinski definition) is 0. The van der Waals surface area contributed by atoms with E-state index in [1.54, 1.807) is 0 Å². The van der Waals surface area contributed by atoms with Gasteiger partial charge in [0.1, 0.15) is 0 Å². The smallest absolute Gasteiger partial charge is 0.0162 e. The van der Waals surface area contributed by atoms with Crippen LogP contribution in [-0.4, -0.2) is 0 Å². The molecule has 0 heterocycles. The lowest BCUT2D eigenvalue weighted by Gasteiger charge is -2.26. The van der Waals surface area contributed by atoms with Crippen LogP contribution >= 0.6 is 0 Å². The third-order valence-electron chi connectivity index (χ3n) is 6.28. The Hall–Kier alpha value is -2.86. The van der Waals surface area contributed by atoms with Crippen molar-refractivity contribution in [3.63, 3.8) is 0 Å². The molecule has 1 saturated carbocycles. The summed E-state index contributed by atoms with van der Waals surface area (Å²) in [6, 6.07) is 26.6. The maximum absolute atomic E-state index is 3.95. The Morgan fingerprint density at radius 2 is 1.14 bits per heavy atom. The highest BCUT2D eigenvalue weighted by Gasteiger charge is 2.20. The fourth-order valence-corrected chi connectivity index (χ4v) is 4.29. The standard InChI is InChI=1S/C29H30/c1-3-23-8-16-27(17-9-23)29-20-12-25(13-21-29)7-6-24-10-18-28(19-11-24)26-14-4-22(2)5-15-26/h3-7,10-15,18-21,23,27H,1,8-9,16-17H2,2H3/b7-6+. The van der Waals surface area contributed by atoms with Gasteiger partial charge < -0.3 is 0 Å². The van der Waals surface area contributed by atoms with Crippen molar-refractivity contribution < 1.29 is 0 Å². The first kappa shape index (κ1) is 19.5. The van der Waals surface area contributed by atoms with Crippen molar-refractivity contribution in [2.75, 3.05) is 0 Å². The zero-order valence-corrected chi connectivity index (χ0v) is 17.4. The molecule has 0 heteroatoms. The van der Waals surface area contributed by atoms with Gasteiger partial charge in [-0.15, -0.1) is 6.58 Å². The van der Waals surface area contributed by atoms with E-state index in [0.717, 1.165) is 11.8 Å². The van der Waals surface area contributed by atoms with Gasteiger partial charge in [0.05, 0.1) is 0 Å². The first-order valence-corrected chi connectivity index (χ1v) is 10.8. The number of allylic oxidation sites excluding steroid dienone is 1. The lowest BCUT2D eigenvalue weighted by molar-refractivity contribution is 0.376. The fourth-order valence-electron chi connectivity index (χ4n) is 4.29. The normalized spacial score (nSPS) is 19.3. The van der Waals surface area contributed by atoms with Crippen LogP contribution in [0.2, 0.25) is 0 Å². The molecule has 1 aliphatic rings. The van der Waals surface area contributed by atoms with E-state index in [0.29, 0.717) is 0 Å². The van der Waals surface area contributed by atoms with E-state index in [9.17, 15) is 0 Å². The van der Waals surface area contributed by atoms with Crippen LogP contribution < -0.4 is 0 Å². The maximum Gasteiger partial charge on any atom is -0.0162 e. The summed E-state index contributed by atoms with van der Waals surface area (Å²) in [5.74, 6) is 1.45. The van der Waals surface area contributed by atoms with Crippen LogP contribution in [0.5, 0.6) is 0 Å². The minimum Gasteiger partial charge on any atom is -0.103 e. The van der Waals surface area contributed by atoms with Gasteiger partial charge in [0, 0.05) is 0 Å². The van der Waals surface area contributed by atoms with Gasteiger partial charge >= 0.3 is 0 Å². The Kier molecular flexibility index (Phi) is 6.10. The average molecular weight is 379 g/mol. The molecule has 4 rings (SSSR count). The van der Waals surface area contributed by atoms with Gasteiger partial charge in [0.2, 0.25) is 0 Å². The Labute approximate surface area is 175 Å². The van der Waals surface area contributed by atoms with Gasteiger partial charge in [-0.3, -0.25) is 0 Å². The molecule has 0 unspecified atom stereocenters. The van der Waals surface area contributed by atoms with Crippen LogP contribution in [0.15, 0.2) is 85.5 Å². The molecule has 0 amide bonds. The zero-order valence-electron chi connectivity index (χ0n) is 17.4. The Morgan fingerprint density at radius 3 is 1.66 bits per heavy atom. The van der Waals surface area contributed by atoms with Gasteiger partial charge in [-0.05, 0) is 72.3 Å². The average Bonchev–Trinajstić information content (AvgIpc) is 2.79. The molecule has 3 aromatic carbocycles. The number of hydrogen-bond acceptors (Lipinski definition) is 0. The quantitative estimate of drug-likeness (QED) is 0.309. The second-order valence-corrected chi connectivity index (χ2v) is 8.34. The third kappa shape index (κ3) is 4.95. The number of benzene rings is 3. The molecule has 0 bridgehead atoms. The van der Waals surface area contributed by atoms with E-state index >= 15 is 0 Å². The Bertz CT molecular complexity index is 948. The van der Waals surface area contributed by atoms with Gasteiger partial charge in [0.15, 0.2) is 0 Å². The fraction of sp³-hybridized carbons (Fsp3) is 0.241. The van der Waals surface area contributed by atoms with Crippen molar-refractivity contribution in [1.29, 1.82) is 0 Å². The molecule has 0 spiro atoms. The molecular weight excluding hydrogens is 348 g/mol. The van der Waals surface area contributed by atoms with E-state index in [2.05, 4.69) is 105 Å². The Morgan fingerprint density at radius 1 is 0.655 bits per heavy atom. The zero-order chi connectivity index (χ0) is 20.1. The topological polar surface area (TPSA) is 0 Å². The highest BCUT2D eigenvalue weighted by atomic mass is 14.2. The predicted molar refractivity (Wildman–Crippen MR) is 127 cm³/mol. The minimum atomic E-state index is 0.721.